The van der Waals surface area contributed by atoms with Crippen LogP contribution in [0, 0.1) is 3.57 Å². The van der Waals surface area contributed by atoms with Gasteiger partial charge in [-0.25, -0.2) is 0 Å². The SMILES string of the molecule is CN(C)CCCCNC(=O)c1ccccc1I. The second-order valence-corrected chi connectivity index (χ2v) is 5.41. The zero-order valence-corrected chi connectivity index (χ0v) is 12.5. The van der Waals surface area contributed by atoms with Gasteiger partial charge in [0.15, 0.2) is 0 Å². The van der Waals surface area contributed by atoms with Gasteiger partial charge in [-0.2, -0.15) is 0 Å². The molecule has 1 amide bonds. The minimum atomic E-state index is 0.0276. The molecule has 0 heterocycles. The fraction of sp³-hybridized carbons (Fsp3) is 0.462. The van der Waals surface area contributed by atoms with Crippen molar-refractivity contribution in [3.8, 4) is 0 Å². The van der Waals surface area contributed by atoms with Crippen LogP contribution in [0.5, 0.6) is 0 Å². The van der Waals surface area contributed by atoms with E-state index in [9.17, 15) is 4.79 Å². The van der Waals surface area contributed by atoms with Gasteiger partial charge in [0.25, 0.3) is 5.91 Å². The zero-order chi connectivity index (χ0) is 12.7. The van der Waals surface area contributed by atoms with Gasteiger partial charge in [0.2, 0.25) is 0 Å². The molecule has 1 N–H and O–H groups in total. The predicted molar refractivity (Wildman–Crippen MR) is 79.3 cm³/mol. The molecule has 17 heavy (non-hydrogen) atoms. The Morgan fingerprint density at radius 2 is 2.00 bits per heavy atom. The molecule has 1 aromatic carbocycles. The van der Waals surface area contributed by atoms with Crippen molar-refractivity contribution in [3.63, 3.8) is 0 Å². The van der Waals surface area contributed by atoms with Crippen molar-refractivity contribution in [2.45, 2.75) is 12.8 Å². The molecule has 0 spiro atoms. The van der Waals surface area contributed by atoms with Crippen LogP contribution in [0.15, 0.2) is 24.3 Å². The Morgan fingerprint density at radius 3 is 2.65 bits per heavy atom. The number of carbonyl (C=O) groups excluding carboxylic acids is 1. The van der Waals surface area contributed by atoms with Gasteiger partial charge in [-0.1, -0.05) is 12.1 Å². The lowest BCUT2D eigenvalue weighted by atomic mass is 10.2. The molecule has 0 saturated heterocycles. The van der Waals surface area contributed by atoms with Gasteiger partial charge in [0, 0.05) is 10.1 Å². The van der Waals surface area contributed by atoms with Gasteiger partial charge in [-0.15, -0.1) is 0 Å². The number of hydrogen-bond acceptors (Lipinski definition) is 2. The summed E-state index contributed by atoms with van der Waals surface area (Å²) in [5.74, 6) is 0.0276. The minimum Gasteiger partial charge on any atom is -0.352 e. The Labute approximate surface area is 117 Å². The molecule has 1 rings (SSSR count). The fourth-order valence-corrected chi connectivity index (χ4v) is 2.13. The Kier molecular flexibility index (Phi) is 6.50. The van der Waals surface area contributed by atoms with Crippen LogP contribution in [0.3, 0.4) is 0 Å². The van der Waals surface area contributed by atoms with Crippen LogP contribution in [-0.2, 0) is 0 Å². The first-order valence-corrected chi connectivity index (χ1v) is 6.86. The third kappa shape index (κ3) is 5.50. The monoisotopic (exact) mass is 346 g/mol. The predicted octanol–water partition coefficient (Wildman–Crippen LogP) is 2.36. The highest BCUT2D eigenvalue weighted by molar-refractivity contribution is 14.1. The first kappa shape index (κ1) is 14.4. The number of rotatable bonds is 6. The van der Waals surface area contributed by atoms with Crippen LogP contribution in [0.4, 0.5) is 0 Å². The number of carbonyl (C=O) groups is 1. The highest BCUT2D eigenvalue weighted by Crippen LogP contribution is 2.10. The van der Waals surface area contributed by atoms with Crippen LogP contribution in [0.25, 0.3) is 0 Å². The summed E-state index contributed by atoms with van der Waals surface area (Å²) in [6, 6.07) is 7.64. The molecule has 0 atom stereocenters. The molecule has 0 aliphatic rings. The number of unbranched alkanes of at least 4 members (excludes halogenated alkanes) is 1. The maximum Gasteiger partial charge on any atom is 0.252 e. The van der Waals surface area contributed by atoms with E-state index in [4.69, 9.17) is 0 Å². The highest BCUT2D eigenvalue weighted by Gasteiger charge is 2.07. The van der Waals surface area contributed by atoms with E-state index >= 15 is 0 Å². The van der Waals surface area contributed by atoms with Crippen molar-refractivity contribution in [1.29, 1.82) is 0 Å². The van der Waals surface area contributed by atoms with E-state index in [1.54, 1.807) is 0 Å². The second kappa shape index (κ2) is 7.66. The van der Waals surface area contributed by atoms with Gasteiger partial charge < -0.3 is 10.2 Å². The molecule has 0 aromatic heterocycles. The molecule has 0 bridgehead atoms. The standard InChI is InChI=1S/C13H19IN2O/c1-16(2)10-6-5-9-15-13(17)11-7-3-4-8-12(11)14/h3-4,7-8H,5-6,9-10H2,1-2H3,(H,15,17). The van der Waals surface area contributed by atoms with Crippen LogP contribution in [-0.4, -0.2) is 38.0 Å². The van der Waals surface area contributed by atoms with Gasteiger partial charge in [-0.05, 0) is 68.2 Å². The second-order valence-electron chi connectivity index (χ2n) is 4.25. The minimum absolute atomic E-state index is 0.0276. The highest BCUT2D eigenvalue weighted by atomic mass is 127. The molecule has 0 unspecified atom stereocenters. The van der Waals surface area contributed by atoms with Crippen LogP contribution in [0.1, 0.15) is 23.2 Å². The van der Waals surface area contributed by atoms with Crippen molar-refractivity contribution >= 4 is 28.5 Å². The Morgan fingerprint density at radius 1 is 1.29 bits per heavy atom. The van der Waals surface area contributed by atoms with Crippen molar-refractivity contribution in [3.05, 3.63) is 33.4 Å². The first-order valence-electron chi connectivity index (χ1n) is 5.78. The molecule has 1 aromatic rings. The quantitative estimate of drug-likeness (QED) is 0.634. The van der Waals surface area contributed by atoms with E-state index in [0.717, 1.165) is 35.1 Å². The number of benzene rings is 1. The average molecular weight is 346 g/mol. The maximum atomic E-state index is 11.8. The third-order valence-corrected chi connectivity index (χ3v) is 3.38. The van der Waals surface area contributed by atoms with Crippen molar-refractivity contribution in [1.82, 2.24) is 10.2 Å². The molecular formula is C13H19IN2O. The first-order chi connectivity index (χ1) is 8.11. The number of nitrogens with one attached hydrogen (secondary N) is 1. The summed E-state index contributed by atoms with van der Waals surface area (Å²) >= 11 is 2.19. The number of halogens is 1. The van der Waals surface area contributed by atoms with E-state index < -0.39 is 0 Å². The van der Waals surface area contributed by atoms with Gasteiger partial charge in [0.1, 0.15) is 0 Å². The zero-order valence-electron chi connectivity index (χ0n) is 10.4. The summed E-state index contributed by atoms with van der Waals surface area (Å²) in [5.41, 5.74) is 0.765. The van der Waals surface area contributed by atoms with Crippen LogP contribution in [0.2, 0.25) is 0 Å². The lowest BCUT2D eigenvalue weighted by Gasteiger charge is -2.10. The summed E-state index contributed by atoms with van der Waals surface area (Å²) in [6.07, 6.45) is 2.13. The van der Waals surface area contributed by atoms with Crippen molar-refractivity contribution in [2.24, 2.45) is 0 Å². The van der Waals surface area contributed by atoms with E-state index in [1.807, 2.05) is 24.3 Å². The van der Waals surface area contributed by atoms with E-state index in [0.29, 0.717) is 0 Å². The van der Waals surface area contributed by atoms with Crippen molar-refractivity contribution in [2.75, 3.05) is 27.2 Å². The summed E-state index contributed by atoms with van der Waals surface area (Å²) < 4.78 is 0.996. The molecule has 0 fully saturated rings. The van der Waals surface area contributed by atoms with Gasteiger partial charge in [-0.3, -0.25) is 4.79 Å². The fourth-order valence-electron chi connectivity index (χ4n) is 1.50. The summed E-state index contributed by atoms with van der Waals surface area (Å²) in [4.78, 5) is 14.0. The Balaban J connectivity index is 2.29. The van der Waals surface area contributed by atoms with Gasteiger partial charge >= 0.3 is 0 Å². The molecule has 0 aliphatic carbocycles. The normalized spacial score (nSPS) is 10.6. The van der Waals surface area contributed by atoms with Crippen LogP contribution < -0.4 is 5.32 Å². The number of nitrogens with zero attached hydrogens (tertiary/aromatic N) is 1. The molecule has 3 nitrogen and oxygen atoms in total. The van der Waals surface area contributed by atoms with Gasteiger partial charge in [0.05, 0.1) is 5.56 Å². The van der Waals surface area contributed by atoms with Crippen LogP contribution >= 0.6 is 22.6 Å². The van der Waals surface area contributed by atoms with Crippen molar-refractivity contribution < 1.29 is 4.79 Å². The molecule has 0 saturated carbocycles. The lowest BCUT2D eigenvalue weighted by molar-refractivity contribution is 0.0952. The number of amides is 1. The lowest BCUT2D eigenvalue weighted by Crippen LogP contribution is -2.26. The maximum absolute atomic E-state index is 11.8. The molecular weight excluding hydrogens is 327 g/mol. The topological polar surface area (TPSA) is 32.3 Å². The smallest absolute Gasteiger partial charge is 0.252 e. The molecule has 0 radical (unpaired) electrons. The largest absolute Gasteiger partial charge is 0.352 e. The third-order valence-electron chi connectivity index (χ3n) is 2.44. The molecule has 0 aliphatic heterocycles. The van der Waals surface area contributed by atoms with E-state index in [1.165, 1.54) is 0 Å². The molecule has 94 valence electrons. The summed E-state index contributed by atoms with van der Waals surface area (Å²) in [6.45, 7) is 1.82. The Hall–Kier alpha value is -0.620. The summed E-state index contributed by atoms with van der Waals surface area (Å²) in [7, 11) is 4.12. The van der Waals surface area contributed by atoms with E-state index in [2.05, 4.69) is 46.9 Å². The average Bonchev–Trinajstić information content (AvgIpc) is 2.28. The van der Waals surface area contributed by atoms with E-state index in [-0.39, 0.29) is 5.91 Å². The molecule has 4 heteroatoms. The summed E-state index contributed by atoms with van der Waals surface area (Å²) in [5, 5.41) is 2.95. The number of hydrogen-bond donors (Lipinski definition) is 1. The Bertz CT molecular complexity index is 366.